The number of fused-ring (bicyclic) bond motifs is 1. The predicted octanol–water partition coefficient (Wildman–Crippen LogP) is 1.70. The number of ether oxygens (including phenoxy) is 1. The van der Waals surface area contributed by atoms with Crippen molar-refractivity contribution in [1.29, 1.82) is 0 Å². The van der Waals surface area contributed by atoms with Crippen LogP contribution in [-0.2, 0) is 4.79 Å². The minimum Gasteiger partial charge on any atom is -0.482 e. The topological polar surface area (TPSA) is 71.1 Å². The second-order valence-corrected chi connectivity index (χ2v) is 5.24. The molecule has 102 valence electrons. The highest BCUT2D eigenvalue weighted by atomic mass is 16.5. The zero-order valence-corrected chi connectivity index (χ0v) is 11.1. The van der Waals surface area contributed by atoms with E-state index < -0.39 is 0 Å². The lowest BCUT2D eigenvalue weighted by Gasteiger charge is -2.26. The summed E-state index contributed by atoms with van der Waals surface area (Å²) in [5.41, 5.74) is 1.65. The lowest BCUT2D eigenvalue weighted by molar-refractivity contribution is -0.120. The summed E-state index contributed by atoms with van der Waals surface area (Å²) in [4.78, 5) is 17.8. The lowest BCUT2D eigenvalue weighted by Crippen LogP contribution is -2.35. The van der Waals surface area contributed by atoms with E-state index >= 15 is 0 Å². The van der Waals surface area contributed by atoms with Gasteiger partial charge in [0.1, 0.15) is 11.6 Å². The molecule has 1 amide bonds. The van der Waals surface area contributed by atoms with E-state index in [0.717, 1.165) is 17.1 Å². The van der Waals surface area contributed by atoms with Gasteiger partial charge in [0, 0.05) is 18.5 Å². The number of H-pyrrole nitrogens is 1. The van der Waals surface area contributed by atoms with Gasteiger partial charge in [-0.2, -0.15) is 5.10 Å². The smallest absolute Gasteiger partial charge is 0.264 e. The van der Waals surface area contributed by atoms with Gasteiger partial charge >= 0.3 is 0 Å². The first kappa shape index (κ1) is 11.5. The average molecular weight is 270 g/mol. The standard InChI is InChI=1S/C14H14N4O2/c1-18-10-6-9(4-5-11(10)20-7-12(18)19)14-15-13(16-17-14)8-2-3-8/h4-6,8H,2-3,7H2,1H3,(H,15,16,17). The number of aromatic amines is 1. The third-order valence-corrected chi connectivity index (χ3v) is 3.77. The molecule has 1 aromatic carbocycles. The number of carbonyl (C=O) groups is 1. The van der Waals surface area contributed by atoms with E-state index in [9.17, 15) is 4.79 Å². The van der Waals surface area contributed by atoms with Crippen LogP contribution in [0, 0.1) is 0 Å². The fraction of sp³-hybridized carbons (Fsp3) is 0.357. The van der Waals surface area contributed by atoms with Crippen LogP contribution in [0.4, 0.5) is 5.69 Å². The van der Waals surface area contributed by atoms with Crippen molar-refractivity contribution in [3.05, 3.63) is 24.0 Å². The third kappa shape index (κ3) is 1.76. The largest absolute Gasteiger partial charge is 0.482 e. The van der Waals surface area contributed by atoms with Crippen molar-refractivity contribution in [2.24, 2.45) is 0 Å². The van der Waals surface area contributed by atoms with Crippen LogP contribution in [-0.4, -0.2) is 34.7 Å². The first-order valence-electron chi connectivity index (χ1n) is 6.68. The van der Waals surface area contributed by atoms with E-state index in [1.165, 1.54) is 12.8 Å². The van der Waals surface area contributed by atoms with Crippen LogP contribution in [0.3, 0.4) is 0 Å². The molecule has 0 bridgehead atoms. The Balaban J connectivity index is 1.73. The zero-order chi connectivity index (χ0) is 13.7. The van der Waals surface area contributed by atoms with Crippen molar-refractivity contribution in [3.63, 3.8) is 0 Å². The quantitative estimate of drug-likeness (QED) is 0.901. The van der Waals surface area contributed by atoms with Crippen LogP contribution in [0.25, 0.3) is 11.4 Å². The molecule has 1 N–H and O–H groups in total. The van der Waals surface area contributed by atoms with E-state index in [1.54, 1.807) is 11.9 Å². The molecule has 0 unspecified atom stereocenters. The molecule has 4 rings (SSSR count). The SMILES string of the molecule is CN1C(=O)COc2ccc(-c3n[nH]c(C4CC4)n3)cc21. The van der Waals surface area contributed by atoms with Crippen LogP contribution < -0.4 is 9.64 Å². The van der Waals surface area contributed by atoms with Crippen LogP contribution in [0.1, 0.15) is 24.6 Å². The second kappa shape index (κ2) is 4.06. The molecule has 1 fully saturated rings. The molecule has 2 heterocycles. The Labute approximate surface area is 115 Å². The molecule has 2 aromatic rings. The number of rotatable bonds is 2. The molecule has 0 radical (unpaired) electrons. The minimum absolute atomic E-state index is 0.0525. The van der Waals surface area contributed by atoms with Gasteiger partial charge in [0.25, 0.3) is 5.91 Å². The second-order valence-electron chi connectivity index (χ2n) is 5.24. The first-order valence-corrected chi connectivity index (χ1v) is 6.68. The van der Waals surface area contributed by atoms with E-state index in [4.69, 9.17) is 4.74 Å². The molecule has 6 heteroatoms. The molecule has 1 aromatic heterocycles. The Morgan fingerprint density at radius 1 is 1.40 bits per heavy atom. The summed E-state index contributed by atoms with van der Waals surface area (Å²) in [6.07, 6.45) is 2.37. The Bertz CT molecular complexity index is 690. The van der Waals surface area contributed by atoms with Gasteiger partial charge in [-0.1, -0.05) is 0 Å². The van der Waals surface area contributed by atoms with Crippen LogP contribution >= 0.6 is 0 Å². The lowest BCUT2D eigenvalue weighted by atomic mass is 10.1. The molecule has 20 heavy (non-hydrogen) atoms. The fourth-order valence-electron chi connectivity index (χ4n) is 2.35. The van der Waals surface area contributed by atoms with Gasteiger partial charge < -0.3 is 9.64 Å². The van der Waals surface area contributed by atoms with Gasteiger partial charge in [-0.15, -0.1) is 0 Å². The maximum atomic E-state index is 11.7. The van der Waals surface area contributed by atoms with Crippen molar-refractivity contribution in [3.8, 4) is 17.1 Å². The summed E-state index contributed by atoms with van der Waals surface area (Å²) < 4.78 is 5.41. The molecule has 1 aliphatic heterocycles. The highest BCUT2D eigenvalue weighted by Gasteiger charge is 2.28. The van der Waals surface area contributed by atoms with Gasteiger partial charge in [0.2, 0.25) is 0 Å². The Kier molecular flexibility index (Phi) is 2.33. The number of amides is 1. The number of hydrogen-bond donors (Lipinski definition) is 1. The predicted molar refractivity (Wildman–Crippen MR) is 72.7 cm³/mol. The monoisotopic (exact) mass is 270 g/mol. The maximum absolute atomic E-state index is 11.7. The summed E-state index contributed by atoms with van der Waals surface area (Å²) in [7, 11) is 1.75. The van der Waals surface area contributed by atoms with Crippen molar-refractivity contribution in [2.75, 3.05) is 18.6 Å². The summed E-state index contributed by atoms with van der Waals surface area (Å²) in [5.74, 6) is 2.83. The van der Waals surface area contributed by atoms with Gasteiger partial charge in [-0.25, -0.2) is 4.98 Å². The molecular weight excluding hydrogens is 256 g/mol. The fourth-order valence-corrected chi connectivity index (χ4v) is 2.35. The van der Waals surface area contributed by atoms with Crippen molar-refractivity contribution in [1.82, 2.24) is 15.2 Å². The number of nitrogens with zero attached hydrogens (tertiary/aromatic N) is 3. The van der Waals surface area contributed by atoms with Gasteiger partial charge in [0.15, 0.2) is 12.4 Å². The highest BCUT2D eigenvalue weighted by molar-refractivity contribution is 5.98. The number of likely N-dealkylation sites (N-methyl/N-ethyl adjacent to an activating group) is 1. The Morgan fingerprint density at radius 3 is 3.05 bits per heavy atom. The minimum atomic E-state index is -0.0525. The number of hydrogen-bond acceptors (Lipinski definition) is 4. The molecular formula is C14H14N4O2. The van der Waals surface area contributed by atoms with Crippen LogP contribution in [0.15, 0.2) is 18.2 Å². The zero-order valence-electron chi connectivity index (χ0n) is 11.1. The Morgan fingerprint density at radius 2 is 2.25 bits per heavy atom. The molecule has 2 aliphatic rings. The summed E-state index contributed by atoms with van der Waals surface area (Å²) in [6.45, 7) is 0.0926. The summed E-state index contributed by atoms with van der Waals surface area (Å²) in [5, 5.41) is 7.25. The number of aromatic nitrogens is 3. The number of benzene rings is 1. The first-order chi connectivity index (χ1) is 9.72. The third-order valence-electron chi connectivity index (χ3n) is 3.77. The van der Waals surface area contributed by atoms with Crippen molar-refractivity contribution >= 4 is 11.6 Å². The number of carbonyl (C=O) groups excluding carboxylic acids is 1. The van der Waals surface area contributed by atoms with Crippen molar-refractivity contribution < 1.29 is 9.53 Å². The van der Waals surface area contributed by atoms with E-state index in [1.807, 2.05) is 18.2 Å². The molecule has 1 saturated carbocycles. The Hall–Kier alpha value is -2.37. The van der Waals surface area contributed by atoms with Gasteiger partial charge in [-0.3, -0.25) is 9.89 Å². The number of anilines is 1. The van der Waals surface area contributed by atoms with Crippen LogP contribution in [0.2, 0.25) is 0 Å². The highest BCUT2D eigenvalue weighted by Crippen LogP contribution is 2.39. The van der Waals surface area contributed by atoms with E-state index in [0.29, 0.717) is 17.5 Å². The van der Waals surface area contributed by atoms with E-state index in [2.05, 4.69) is 15.2 Å². The average Bonchev–Trinajstić information content (AvgIpc) is 3.20. The summed E-state index contributed by atoms with van der Waals surface area (Å²) in [6, 6.07) is 5.68. The molecule has 0 spiro atoms. The molecule has 0 saturated heterocycles. The van der Waals surface area contributed by atoms with Gasteiger partial charge in [0.05, 0.1) is 5.69 Å². The maximum Gasteiger partial charge on any atom is 0.264 e. The van der Waals surface area contributed by atoms with E-state index in [-0.39, 0.29) is 12.5 Å². The van der Waals surface area contributed by atoms with Gasteiger partial charge in [-0.05, 0) is 31.0 Å². The molecule has 0 atom stereocenters. The number of nitrogens with one attached hydrogen (secondary N) is 1. The van der Waals surface area contributed by atoms with Crippen LogP contribution in [0.5, 0.6) is 5.75 Å². The molecule has 6 nitrogen and oxygen atoms in total. The summed E-state index contributed by atoms with van der Waals surface area (Å²) >= 11 is 0. The molecule has 1 aliphatic carbocycles. The normalized spacial score (nSPS) is 17.9. The van der Waals surface area contributed by atoms with Crippen molar-refractivity contribution in [2.45, 2.75) is 18.8 Å².